The Balaban J connectivity index is 1.59. The Morgan fingerprint density at radius 1 is 1.12 bits per heavy atom. The number of halogens is 1. The van der Waals surface area contributed by atoms with Crippen LogP contribution in [0, 0.1) is 5.82 Å². The molecule has 1 heterocycles. The lowest BCUT2D eigenvalue weighted by molar-refractivity contribution is 0.0219. The number of nitrogens with zero attached hydrogens (tertiary/aromatic N) is 1. The van der Waals surface area contributed by atoms with Gasteiger partial charge in [-0.05, 0) is 30.3 Å². The summed E-state index contributed by atoms with van der Waals surface area (Å²) in [4.78, 5) is 0. The van der Waals surface area contributed by atoms with Gasteiger partial charge in [0.25, 0.3) is 0 Å². The van der Waals surface area contributed by atoms with Crippen molar-refractivity contribution in [2.24, 2.45) is 0 Å². The first kappa shape index (κ1) is 18.1. The van der Waals surface area contributed by atoms with Gasteiger partial charge in [0.15, 0.2) is 12.6 Å². The van der Waals surface area contributed by atoms with Crippen LogP contribution < -0.4 is 13.8 Å². The van der Waals surface area contributed by atoms with Crippen molar-refractivity contribution < 1.29 is 13.9 Å². The summed E-state index contributed by atoms with van der Waals surface area (Å²) in [5.74, 6) is 0.144. The molecule has 134 valence electrons. The molecule has 25 heavy (non-hydrogen) atoms. The van der Waals surface area contributed by atoms with Gasteiger partial charge in [0.1, 0.15) is 5.75 Å². The molecule has 1 aliphatic heterocycles. The average Bonchev–Trinajstić information content (AvgIpc) is 2.97. The third-order valence-corrected chi connectivity index (χ3v) is 6.40. The second-order valence-corrected chi connectivity index (χ2v) is 13.5. The largest absolute Gasteiger partial charge is 0.467 e. The van der Waals surface area contributed by atoms with Crippen LogP contribution in [0.5, 0.6) is 5.75 Å². The molecule has 1 aliphatic rings. The zero-order valence-electron chi connectivity index (χ0n) is 14.7. The van der Waals surface area contributed by atoms with E-state index in [1.165, 1.54) is 18.2 Å². The topological polar surface area (TPSA) is 33.7 Å². The molecule has 0 bridgehead atoms. The number of nitrogens with one attached hydrogen (secondary N) is 1. The fourth-order valence-electron chi connectivity index (χ4n) is 2.35. The van der Waals surface area contributed by atoms with Crippen LogP contribution in [0.2, 0.25) is 25.7 Å². The second kappa shape index (κ2) is 7.68. The summed E-state index contributed by atoms with van der Waals surface area (Å²) in [5.41, 5.74) is 2.41. The van der Waals surface area contributed by atoms with Crippen molar-refractivity contribution in [1.29, 1.82) is 0 Å². The molecule has 0 aromatic heterocycles. The lowest BCUT2D eigenvalue weighted by atomic mass is 10.2. The van der Waals surface area contributed by atoms with E-state index in [-0.39, 0.29) is 12.6 Å². The maximum atomic E-state index is 14.5. The highest BCUT2D eigenvalue weighted by Crippen LogP contribution is 2.45. The van der Waals surface area contributed by atoms with Crippen LogP contribution in [-0.2, 0) is 4.74 Å². The number of ether oxygens (including phenoxy) is 2. The molecular weight excluding hydrogens is 355 g/mol. The molecule has 0 saturated carbocycles. The van der Waals surface area contributed by atoms with Gasteiger partial charge >= 0.3 is 0 Å². The van der Waals surface area contributed by atoms with E-state index in [0.29, 0.717) is 18.0 Å². The molecule has 3 rings (SSSR count). The maximum absolute atomic E-state index is 14.5. The summed E-state index contributed by atoms with van der Waals surface area (Å²) in [6.07, 6.45) is 0. The Kier molecular flexibility index (Phi) is 5.56. The predicted octanol–water partition coefficient (Wildman–Crippen LogP) is 5.64. The van der Waals surface area contributed by atoms with Gasteiger partial charge in [-0.2, -0.15) is 0 Å². The normalized spacial score (nSPS) is 13.5. The average molecular weight is 379 g/mol. The molecule has 2 aromatic rings. The van der Waals surface area contributed by atoms with E-state index >= 15 is 0 Å². The minimum atomic E-state index is -1.10. The van der Waals surface area contributed by atoms with Gasteiger partial charge in [-0.15, -0.1) is 0 Å². The number of hydrogen-bond donors (Lipinski definition) is 1. The molecule has 0 amide bonds. The number of fused-ring (bicyclic) bond motifs is 1. The SMILES string of the molecule is C[Si](C)(C)CCOCOc1ccc(N2SNc3ccccc32)c(F)c1. The minimum Gasteiger partial charge on any atom is -0.467 e. The molecule has 0 unspecified atom stereocenters. The molecule has 7 heteroatoms. The van der Waals surface area contributed by atoms with E-state index in [0.717, 1.165) is 17.4 Å². The molecule has 0 saturated heterocycles. The molecule has 0 atom stereocenters. The Labute approximate surface area is 153 Å². The summed E-state index contributed by atoms with van der Waals surface area (Å²) in [6.45, 7) is 7.73. The van der Waals surface area contributed by atoms with Crippen molar-refractivity contribution >= 4 is 37.3 Å². The van der Waals surface area contributed by atoms with Gasteiger partial charge < -0.3 is 14.2 Å². The van der Waals surface area contributed by atoms with E-state index in [9.17, 15) is 4.39 Å². The zero-order valence-corrected chi connectivity index (χ0v) is 16.5. The second-order valence-electron chi connectivity index (χ2n) is 7.10. The van der Waals surface area contributed by atoms with E-state index in [4.69, 9.17) is 9.47 Å². The van der Waals surface area contributed by atoms with Gasteiger partial charge in [0.2, 0.25) is 0 Å². The standard InChI is InChI=1S/C18H23FN2O2SSi/c1-25(2,3)11-10-22-13-23-14-8-9-17(15(19)12-14)21-18-7-5-4-6-16(18)20-24-21/h4-9,12,20H,10-11,13H2,1-3H3. The fraction of sp³-hybridized carbons (Fsp3) is 0.333. The smallest absolute Gasteiger partial charge is 0.189 e. The first-order valence-corrected chi connectivity index (χ1v) is 12.7. The van der Waals surface area contributed by atoms with Gasteiger partial charge in [-0.25, -0.2) is 4.39 Å². The molecule has 0 fully saturated rings. The highest BCUT2D eigenvalue weighted by molar-refractivity contribution is 8.02. The lowest BCUT2D eigenvalue weighted by Gasteiger charge is -2.18. The Hall–Kier alpha value is -1.70. The van der Waals surface area contributed by atoms with E-state index in [1.807, 2.05) is 28.6 Å². The summed E-state index contributed by atoms with van der Waals surface area (Å²) < 4.78 is 30.5. The third-order valence-electron chi connectivity index (χ3n) is 3.81. The fourth-order valence-corrected chi connectivity index (χ4v) is 3.97. The van der Waals surface area contributed by atoms with Crippen LogP contribution >= 0.6 is 12.1 Å². The lowest BCUT2D eigenvalue weighted by Crippen LogP contribution is -2.22. The molecule has 2 aromatic carbocycles. The minimum absolute atomic E-state index is 0.145. The molecule has 0 spiro atoms. The van der Waals surface area contributed by atoms with E-state index in [2.05, 4.69) is 24.4 Å². The monoisotopic (exact) mass is 378 g/mol. The zero-order chi connectivity index (χ0) is 17.9. The van der Waals surface area contributed by atoms with Crippen molar-refractivity contribution in [3.05, 3.63) is 48.3 Å². The number of hydrogen-bond acceptors (Lipinski definition) is 5. The highest BCUT2D eigenvalue weighted by atomic mass is 32.2. The summed E-state index contributed by atoms with van der Waals surface area (Å²) >= 11 is 1.35. The summed E-state index contributed by atoms with van der Waals surface area (Å²) in [6, 6.07) is 13.8. The number of anilines is 3. The Bertz CT molecular complexity index is 739. The van der Waals surface area contributed by atoms with Crippen molar-refractivity contribution in [1.82, 2.24) is 0 Å². The molecular formula is C18H23FN2O2SSi. The number of benzene rings is 2. The predicted molar refractivity (Wildman–Crippen MR) is 106 cm³/mol. The van der Waals surface area contributed by atoms with Crippen molar-refractivity contribution in [2.45, 2.75) is 25.7 Å². The van der Waals surface area contributed by atoms with Gasteiger partial charge in [-0.3, -0.25) is 4.31 Å². The molecule has 0 aliphatic carbocycles. The molecule has 1 N–H and O–H groups in total. The maximum Gasteiger partial charge on any atom is 0.189 e. The first-order chi connectivity index (χ1) is 11.9. The van der Waals surface area contributed by atoms with Crippen LogP contribution in [0.25, 0.3) is 0 Å². The van der Waals surface area contributed by atoms with Crippen LogP contribution in [0.4, 0.5) is 21.5 Å². The Morgan fingerprint density at radius 3 is 2.68 bits per heavy atom. The van der Waals surface area contributed by atoms with Crippen molar-refractivity contribution in [3.63, 3.8) is 0 Å². The third kappa shape index (κ3) is 4.68. The number of para-hydroxylation sites is 2. The van der Waals surface area contributed by atoms with Gasteiger partial charge in [0.05, 0.1) is 29.2 Å². The highest BCUT2D eigenvalue weighted by Gasteiger charge is 2.23. The quantitative estimate of drug-likeness (QED) is 0.292. The van der Waals surface area contributed by atoms with Crippen molar-refractivity contribution in [3.8, 4) is 5.75 Å². The molecule has 0 radical (unpaired) electrons. The molecule has 4 nitrogen and oxygen atoms in total. The summed E-state index contributed by atoms with van der Waals surface area (Å²) in [7, 11) is -1.10. The van der Waals surface area contributed by atoms with Crippen molar-refractivity contribution in [2.75, 3.05) is 22.4 Å². The Morgan fingerprint density at radius 2 is 1.92 bits per heavy atom. The van der Waals surface area contributed by atoms with Gasteiger partial charge in [-0.1, -0.05) is 31.8 Å². The van der Waals surface area contributed by atoms with Crippen LogP contribution in [0.15, 0.2) is 42.5 Å². The van der Waals surface area contributed by atoms with Crippen LogP contribution in [0.1, 0.15) is 0 Å². The number of rotatable bonds is 7. The summed E-state index contributed by atoms with van der Waals surface area (Å²) in [5, 5.41) is 0. The van der Waals surface area contributed by atoms with Crippen LogP contribution in [0.3, 0.4) is 0 Å². The van der Waals surface area contributed by atoms with Gasteiger partial charge in [0, 0.05) is 20.7 Å². The van der Waals surface area contributed by atoms with E-state index in [1.54, 1.807) is 12.1 Å². The first-order valence-electron chi connectivity index (χ1n) is 8.26. The van der Waals surface area contributed by atoms with Crippen LogP contribution in [-0.4, -0.2) is 21.5 Å². The van der Waals surface area contributed by atoms with E-state index < -0.39 is 8.07 Å².